The third kappa shape index (κ3) is 4.49. The molecule has 0 bridgehead atoms. The lowest BCUT2D eigenvalue weighted by Crippen LogP contribution is -2.50. The molecule has 1 aliphatic carbocycles. The van der Waals surface area contributed by atoms with Crippen molar-refractivity contribution in [1.82, 2.24) is 19.9 Å². The molecule has 1 aliphatic heterocycles. The minimum Gasteiger partial charge on any atom is -0.495 e. The zero-order valence-electron chi connectivity index (χ0n) is 19.6. The molecule has 2 aromatic carbocycles. The highest BCUT2D eigenvalue weighted by Crippen LogP contribution is 2.32. The average molecular weight is 462 g/mol. The molecule has 8 nitrogen and oxygen atoms in total. The Hall–Kier alpha value is -3.42. The van der Waals surface area contributed by atoms with Gasteiger partial charge in [-0.1, -0.05) is 29.5 Å². The Morgan fingerprint density at radius 3 is 2.44 bits per heavy atom. The van der Waals surface area contributed by atoms with Gasteiger partial charge in [0.05, 0.1) is 18.2 Å². The summed E-state index contributed by atoms with van der Waals surface area (Å²) in [5.74, 6) is 1.57. The topological polar surface area (TPSA) is 80.6 Å². The number of para-hydroxylation sites is 2. The van der Waals surface area contributed by atoms with E-state index in [-0.39, 0.29) is 17.4 Å². The number of anilines is 1. The molecule has 1 aromatic heterocycles. The van der Waals surface area contributed by atoms with Crippen molar-refractivity contribution in [3.05, 3.63) is 58.9 Å². The van der Waals surface area contributed by atoms with E-state index in [1.54, 1.807) is 19.2 Å². The second-order valence-electron chi connectivity index (χ2n) is 9.30. The molecule has 1 saturated carbocycles. The highest BCUT2D eigenvalue weighted by molar-refractivity contribution is 5.79. The number of fused-ring (bicyclic) bond motifs is 1. The van der Waals surface area contributed by atoms with Crippen LogP contribution < -0.4 is 15.2 Å². The number of piperazine rings is 1. The van der Waals surface area contributed by atoms with E-state index in [4.69, 9.17) is 4.74 Å². The van der Waals surface area contributed by atoms with Gasteiger partial charge in [0.2, 0.25) is 5.91 Å². The zero-order valence-corrected chi connectivity index (χ0v) is 19.6. The second-order valence-corrected chi connectivity index (χ2v) is 9.30. The molecule has 1 saturated heterocycles. The number of benzene rings is 2. The van der Waals surface area contributed by atoms with Crippen LogP contribution in [0.15, 0.2) is 53.3 Å². The van der Waals surface area contributed by atoms with E-state index in [0.29, 0.717) is 23.4 Å². The van der Waals surface area contributed by atoms with Gasteiger partial charge in [0.25, 0.3) is 5.56 Å². The number of ether oxygens (including phenoxy) is 1. The first kappa shape index (κ1) is 22.4. The quantitative estimate of drug-likeness (QED) is 0.581. The van der Waals surface area contributed by atoms with E-state index < -0.39 is 0 Å². The van der Waals surface area contributed by atoms with Crippen molar-refractivity contribution in [3.63, 3.8) is 0 Å². The summed E-state index contributed by atoms with van der Waals surface area (Å²) in [6.07, 6.45) is 3.59. The number of rotatable bonds is 5. The molecule has 0 radical (unpaired) electrons. The number of carbonyl (C=O) groups is 1. The SMILES string of the molecule is COc1ccccc1N1CCN(C(=O)C2CCC(Cn3nnc4ccccc4c3=O)CC2)CC1. The number of nitrogens with zero attached hydrogens (tertiary/aromatic N) is 5. The van der Waals surface area contributed by atoms with Crippen LogP contribution in [0.5, 0.6) is 5.75 Å². The van der Waals surface area contributed by atoms with Crippen LogP contribution in [0.4, 0.5) is 5.69 Å². The van der Waals surface area contributed by atoms with Crippen LogP contribution in [0.25, 0.3) is 10.9 Å². The molecule has 2 aliphatic rings. The van der Waals surface area contributed by atoms with Gasteiger partial charge >= 0.3 is 0 Å². The lowest BCUT2D eigenvalue weighted by atomic mass is 9.81. The fourth-order valence-electron chi connectivity index (χ4n) is 5.30. The van der Waals surface area contributed by atoms with E-state index in [0.717, 1.165) is 63.3 Å². The van der Waals surface area contributed by atoms with Crippen LogP contribution in [0.2, 0.25) is 0 Å². The summed E-state index contributed by atoms with van der Waals surface area (Å²) in [4.78, 5) is 30.2. The van der Waals surface area contributed by atoms with Gasteiger partial charge in [0.1, 0.15) is 11.3 Å². The van der Waals surface area contributed by atoms with E-state index in [1.165, 1.54) is 4.68 Å². The second kappa shape index (κ2) is 9.83. The molecule has 5 rings (SSSR count). The molecule has 34 heavy (non-hydrogen) atoms. The number of carbonyl (C=O) groups excluding carboxylic acids is 1. The average Bonchev–Trinajstić information content (AvgIpc) is 2.90. The standard InChI is InChI=1S/C26H31N5O3/c1-34-24-9-5-4-8-23(24)29-14-16-30(17-15-29)25(32)20-12-10-19(11-13-20)18-31-26(33)21-6-2-3-7-22(21)27-28-31/h2-9,19-20H,10-18H2,1H3. The highest BCUT2D eigenvalue weighted by atomic mass is 16.5. The summed E-state index contributed by atoms with van der Waals surface area (Å²) in [5.41, 5.74) is 1.63. The molecular formula is C26H31N5O3. The third-order valence-electron chi connectivity index (χ3n) is 7.27. The van der Waals surface area contributed by atoms with Crippen LogP contribution in [-0.4, -0.2) is 59.1 Å². The molecular weight excluding hydrogens is 430 g/mol. The molecule has 0 spiro atoms. The van der Waals surface area contributed by atoms with Gasteiger partial charge in [-0.2, -0.15) is 0 Å². The summed E-state index contributed by atoms with van der Waals surface area (Å²) in [7, 11) is 1.69. The number of hydrogen-bond acceptors (Lipinski definition) is 6. The molecule has 0 atom stereocenters. The molecule has 178 valence electrons. The predicted molar refractivity (Wildman–Crippen MR) is 131 cm³/mol. The van der Waals surface area contributed by atoms with Crippen molar-refractivity contribution in [2.75, 3.05) is 38.2 Å². The Balaban J connectivity index is 1.14. The molecule has 8 heteroatoms. The van der Waals surface area contributed by atoms with Crippen LogP contribution >= 0.6 is 0 Å². The van der Waals surface area contributed by atoms with Crippen molar-refractivity contribution < 1.29 is 9.53 Å². The first-order valence-electron chi connectivity index (χ1n) is 12.1. The Labute approximate surface area is 199 Å². The van der Waals surface area contributed by atoms with Crippen LogP contribution in [0.3, 0.4) is 0 Å². The number of hydrogen-bond donors (Lipinski definition) is 0. The minimum absolute atomic E-state index is 0.0773. The van der Waals surface area contributed by atoms with Crippen molar-refractivity contribution in [2.24, 2.45) is 11.8 Å². The molecule has 0 unspecified atom stereocenters. The third-order valence-corrected chi connectivity index (χ3v) is 7.27. The smallest absolute Gasteiger partial charge is 0.277 e. The van der Waals surface area contributed by atoms with Gasteiger partial charge in [-0.3, -0.25) is 9.59 Å². The summed E-state index contributed by atoms with van der Waals surface area (Å²) >= 11 is 0. The van der Waals surface area contributed by atoms with E-state index in [9.17, 15) is 9.59 Å². The van der Waals surface area contributed by atoms with Gasteiger partial charge in [0.15, 0.2) is 0 Å². The fraction of sp³-hybridized carbons (Fsp3) is 0.462. The maximum atomic E-state index is 13.2. The highest BCUT2D eigenvalue weighted by Gasteiger charge is 2.32. The largest absolute Gasteiger partial charge is 0.495 e. The van der Waals surface area contributed by atoms with Crippen molar-refractivity contribution >= 4 is 22.5 Å². The summed E-state index contributed by atoms with van der Waals surface area (Å²) in [5, 5.41) is 8.93. The lowest BCUT2D eigenvalue weighted by Gasteiger charge is -2.39. The molecule has 3 aromatic rings. The number of amides is 1. The van der Waals surface area contributed by atoms with E-state index >= 15 is 0 Å². The van der Waals surface area contributed by atoms with Crippen LogP contribution in [0, 0.1) is 11.8 Å². The monoisotopic (exact) mass is 461 g/mol. The van der Waals surface area contributed by atoms with Crippen LogP contribution in [-0.2, 0) is 11.3 Å². The van der Waals surface area contributed by atoms with Gasteiger partial charge in [-0.15, -0.1) is 5.10 Å². The Bertz CT molecular complexity index is 1210. The molecule has 2 heterocycles. The van der Waals surface area contributed by atoms with E-state index in [2.05, 4.69) is 21.3 Å². The summed E-state index contributed by atoms with van der Waals surface area (Å²) in [6, 6.07) is 15.4. The minimum atomic E-state index is -0.0864. The van der Waals surface area contributed by atoms with Crippen LogP contribution in [0.1, 0.15) is 25.7 Å². The maximum Gasteiger partial charge on any atom is 0.277 e. The Morgan fingerprint density at radius 2 is 1.68 bits per heavy atom. The fourth-order valence-corrected chi connectivity index (χ4v) is 5.30. The van der Waals surface area contributed by atoms with Gasteiger partial charge < -0.3 is 14.5 Å². The lowest BCUT2D eigenvalue weighted by molar-refractivity contribution is -0.137. The predicted octanol–water partition coefficient (Wildman–Crippen LogP) is 2.96. The van der Waals surface area contributed by atoms with E-state index in [1.807, 2.05) is 35.2 Å². The van der Waals surface area contributed by atoms with Gasteiger partial charge in [0, 0.05) is 38.6 Å². The first-order valence-corrected chi connectivity index (χ1v) is 12.1. The number of aromatic nitrogens is 3. The normalized spacial score (nSPS) is 21.0. The molecule has 2 fully saturated rings. The zero-order chi connectivity index (χ0) is 23.5. The maximum absolute atomic E-state index is 13.2. The van der Waals surface area contributed by atoms with Crippen molar-refractivity contribution in [1.29, 1.82) is 0 Å². The molecule has 0 N–H and O–H groups in total. The van der Waals surface area contributed by atoms with Crippen molar-refractivity contribution in [3.8, 4) is 5.75 Å². The van der Waals surface area contributed by atoms with Crippen molar-refractivity contribution in [2.45, 2.75) is 32.2 Å². The summed E-state index contributed by atoms with van der Waals surface area (Å²) < 4.78 is 6.99. The Morgan fingerprint density at radius 1 is 0.971 bits per heavy atom. The number of methoxy groups -OCH3 is 1. The van der Waals surface area contributed by atoms with Gasteiger partial charge in [-0.05, 0) is 55.9 Å². The first-order chi connectivity index (χ1) is 16.6. The Kier molecular flexibility index (Phi) is 6.47. The molecule has 1 amide bonds. The van der Waals surface area contributed by atoms with Gasteiger partial charge in [-0.25, -0.2) is 4.68 Å². The summed E-state index contributed by atoms with van der Waals surface area (Å²) in [6.45, 7) is 3.66.